The zero-order valence-corrected chi connectivity index (χ0v) is 10.0. The molecule has 15 heavy (non-hydrogen) atoms. The molecule has 0 aliphatic carbocycles. The molecule has 4 nitrogen and oxygen atoms in total. The molecule has 0 rings (SSSR count). The van der Waals surface area contributed by atoms with Gasteiger partial charge in [-0.05, 0) is 31.7 Å². The lowest BCUT2D eigenvalue weighted by Gasteiger charge is -2.23. The summed E-state index contributed by atoms with van der Waals surface area (Å²) in [5, 5.41) is 11.5. The van der Waals surface area contributed by atoms with Crippen molar-refractivity contribution in [2.75, 3.05) is 13.2 Å². The average Bonchev–Trinajstić information content (AvgIpc) is 2.15. The summed E-state index contributed by atoms with van der Waals surface area (Å²) in [6.45, 7) is 6.65. The van der Waals surface area contributed by atoms with Gasteiger partial charge in [0.25, 0.3) is 0 Å². The molecule has 0 spiro atoms. The van der Waals surface area contributed by atoms with Crippen LogP contribution in [-0.4, -0.2) is 30.2 Å². The number of carbonyl (C=O) groups is 1. The van der Waals surface area contributed by atoms with Gasteiger partial charge in [0.15, 0.2) is 0 Å². The van der Waals surface area contributed by atoms with E-state index in [2.05, 4.69) is 19.2 Å². The Kier molecular flexibility index (Phi) is 6.52. The molecule has 0 aromatic rings. The quantitative estimate of drug-likeness (QED) is 0.584. The maximum atomic E-state index is 11.4. The van der Waals surface area contributed by atoms with E-state index in [1.807, 2.05) is 0 Å². The zero-order chi connectivity index (χ0) is 11.9. The van der Waals surface area contributed by atoms with Gasteiger partial charge < -0.3 is 16.2 Å². The highest BCUT2D eigenvalue weighted by molar-refractivity contribution is 5.76. The molecular formula is C11H24N2O2. The van der Waals surface area contributed by atoms with E-state index < -0.39 is 0 Å². The standard InChI is InChI=1S/C11H24N2O2/c1-9(8-14)13-10(15)4-5-11(2,3)6-7-12/h9,14H,4-8,12H2,1-3H3,(H,13,15)/t9-/m0/s1. The van der Waals surface area contributed by atoms with Crippen molar-refractivity contribution in [1.29, 1.82) is 0 Å². The van der Waals surface area contributed by atoms with Gasteiger partial charge in [0.05, 0.1) is 6.61 Å². The highest BCUT2D eigenvalue weighted by Crippen LogP contribution is 2.25. The van der Waals surface area contributed by atoms with E-state index >= 15 is 0 Å². The smallest absolute Gasteiger partial charge is 0.220 e. The molecule has 1 atom stereocenters. The maximum Gasteiger partial charge on any atom is 0.220 e. The summed E-state index contributed by atoms with van der Waals surface area (Å²) in [5.41, 5.74) is 5.61. The zero-order valence-electron chi connectivity index (χ0n) is 10.0. The molecule has 0 aliphatic rings. The SMILES string of the molecule is C[C@@H](CO)NC(=O)CCC(C)(C)CCN. The number of rotatable bonds is 7. The number of hydrogen-bond donors (Lipinski definition) is 3. The van der Waals surface area contributed by atoms with Crippen LogP contribution < -0.4 is 11.1 Å². The van der Waals surface area contributed by atoms with E-state index in [9.17, 15) is 4.79 Å². The Morgan fingerprint density at radius 3 is 2.53 bits per heavy atom. The summed E-state index contributed by atoms with van der Waals surface area (Å²) in [4.78, 5) is 11.4. The summed E-state index contributed by atoms with van der Waals surface area (Å²) in [6.07, 6.45) is 2.25. The van der Waals surface area contributed by atoms with Gasteiger partial charge in [-0.25, -0.2) is 0 Å². The van der Waals surface area contributed by atoms with Gasteiger partial charge >= 0.3 is 0 Å². The molecule has 0 saturated heterocycles. The fourth-order valence-electron chi connectivity index (χ4n) is 1.36. The molecule has 0 saturated carbocycles. The third-order valence-corrected chi connectivity index (χ3v) is 2.53. The van der Waals surface area contributed by atoms with Crippen molar-refractivity contribution in [3.05, 3.63) is 0 Å². The predicted octanol–water partition coefficient (Wildman–Crippen LogP) is 0.639. The first-order chi connectivity index (χ1) is 6.91. The Balaban J connectivity index is 3.79. The number of amides is 1. The third kappa shape index (κ3) is 7.33. The first-order valence-corrected chi connectivity index (χ1v) is 5.51. The minimum Gasteiger partial charge on any atom is -0.394 e. The summed E-state index contributed by atoms with van der Waals surface area (Å²) >= 11 is 0. The summed E-state index contributed by atoms with van der Waals surface area (Å²) in [5.74, 6) is 0.00152. The molecule has 1 amide bonds. The van der Waals surface area contributed by atoms with Gasteiger partial charge in [0.1, 0.15) is 0 Å². The molecule has 0 aromatic heterocycles. The van der Waals surface area contributed by atoms with Gasteiger partial charge in [-0.1, -0.05) is 13.8 Å². The van der Waals surface area contributed by atoms with E-state index in [0.29, 0.717) is 13.0 Å². The van der Waals surface area contributed by atoms with Gasteiger partial charge in [0.2, 0.25) is 5.91 Å². The van der Waals surface area contributed by atoms with Gasteiger partial charge in [0, 0.05) is 12.5 Å². The fourth-order valence-corrected chi connectivity index (χ4v) is 1.36. The average molecular weight is 216 g/mol. The van der Waals surface area contributed by atoms with Crippen LogP contribution in [0, 0.1) is 5.41 Å². The molecule has 90 valence electrons. The molecule has 0 bridgehead atoms. The number of aliphatic hydroxyl groups excluding tert-OH is 1. The highest BCUT2D eigenvalue weighted by Gasteiger charge is 2.18. The van der Waals surface area contributed by atoms with Crippen LogP contribution in [0.5, 0.6) is 0 Å². The Labute approximate surface area is 92.2 Å². The summed E-state index contributed by atoms with van der Waals surface area (Å²) in [7, 11) is 0. The van der Waals surface area contributed by atoms with Crippen LogP contribution in [0.25, 0.3) is 0 Å². The molecule has 0 radical (unpaired) electrons. The molecule has 0 fully saturated rings. The van der Waals surface area contributed by atoms with Gasteiger partial charge in [-0.2, -0.15) is 0 Å². The number of nitrogens with two attached hydrogens (primary N) is 1. The molecular weight excluding hydrogens is 192 g/mol. The van der Waals surface area contributed by atoms with Crippen LogP contribution in [0.15, 0.2) is 0 Å². The van der Waals surface area contributed by atoms with Crippen molar-refractivity contribution in [3.8, 4) is 0 Å². The van der Waals surface area contributed by atoms with Crippen molar-refractivity contribution in [1.82, 2.24) is 5.32 Å². The first kappa shape index (κ1) is 14.4. The van der Waals surface area contributed by atoms with E-state index in [1.54, 1.807) is 6.92 Å². The number of nitrogens with one attached hydrogen (secondary N) is 1. The minimum atomic E-state index is -0.157. The summed E-state index contributed by atoms with van der Waals surface area (Å²) < 4.78 is 0. The molecule has 0 aromatic carbocycles. The van der Waals surface area contributed by atoms with Crippen molar-refractivity contribution in [3.63, 3.8) is 0 Å². The van der Waals surface area contributed by atoms with Crippen LogP contribution in [0.3, 0.4) is 0 Å². The number of carbonyl (C=O) groups excluding carboxylic acids is 1. The second-order valence-corrected chi connectivity index (χ2v) is 4.85. The number of hydrogen-bond acceptors (Lipinski definition) is 3. The Hall–Kier alpha value is -0.610. The highest BCUT2D eigenvalue weighted by atomic mass is 16.3. The van der Waals surface area contributed by atoms with E-state index in [0.717, 1.165) is 12.8 Å². The predicted molar refractivity (Wildman–Crippen MR) is 61.4 cm³/mol. The van der Waals surface area contributed by atoms with Crippen molar-refractivity contribution in [2.24, 2.45) is 11.1 Å². The maximum absolute atomic E-state index is 11.4. The van der Waals surface area contributed by atoms with Crippen LogP contribution in [0.2, 0.25) is 0 Å². The van der Waals surface area contributed by atoms with Crippen LogP contribution >= 0.6 is 0 Å². The van der Waals surface area contributed by atoms with Crippen molar-refractivity contribution >= 4 is 5.91 Å². The van der Waals surface area contributed by atoms with Crippen molar-refractivity contribution < 1.29 is 9.90 Å². The molecule has 0 unspecified atom stereocenters. The van der Waals surface area contributed by atoms with E-state index in [4.69, 9.17) is 10.8 Å². The minimum absolute atomic E-state index is 0.00152. The monoisotopic (exact) mass is 216 g/mol. The van der Waals surface area contributed by atoms with Crippen LogP contribution in [0.1, 0.15) is 40.0 Å². The number of aliphatic hydroxyl groups is 1. The second kappa shape index (κ2) is 6.80. The van der Waals surface area contributed by atoms with Crippen LogP contribution in [0.4, 0.5) is 0 Å². The van der Waals surface area contributed by atoms with E-state index in [1.165, 1.54) is 0 Å². The Morgan fingerprint density at radius 1 is 1.47 bits per heavy atom. The normalized spacial score (nSPS) is 13.7. The van der Waals surface area contributed by atoms with Gasteiger partial charge in [-0.3, -0.25) is 4.79 Å². The molecule has 0 heterocycles. The molecule has 4 N–H and O–H groups in total. The van der Waals surface area contributed by atoms with E-state index in [-0.39, 0.29) is 24.0 Å². The lowest BCUT2D eigenvalue weighted by Crippen LogP contribution is -2.35. The third-order valence-electron chi connectivity index (χ3n) is 2.53. The molecule has 0 aliphatic heterocycles. The summed E-state index contributed by atoms with van der Waals surface area (Å²) in [6, 6.07) is -0.157. The topological polar surface area (TPSA) is 75.3 Å². The largest absolute Gasteiger partial charge is 0.394 e. The Bertz CT molecular complexity index is 193. The lowest BCUT2D eigenvalue weighted by atomic mass is 9.84. The van der Waals surface area contributed by atoms with Crippen molar-refractivity contribution in [2.45, 2.75) is 46.1 Å². The lowest BCUT2D eigenvalue weighted by molar-refractivity contribution is -0.122. The fraction of sp³-hybridized carbons (Fsp3) is 0.909. The van der Waals surface area contributed by atoms with Gasteiger partial charge in [-0.15, -0.1) is 0 Å². The Morgan fingerprint density at radius 2 is 2.07 bits per heavy atom. The first-order valence-electron chi connectivity index (χ1n) is 5.51. The second-order valence-electron chi connectivity index (χ2n) is 4.85. The van der Waals surface area contributed by atoms with Crippen LogP contribution in [-0.2, 0) is 4.79 Å². The molecule has 4 heteroatoms.